The zero-order valence-electron chi connectivity index (χ0n) is 12.9. The van der Waals surface area contributed by atoms with Crippen LogP contribution in [0.3, 0.4) is 0 Å². The van der Waals surface area contributed by atoms with Gasteiger partial charge in [0, 0.05) is 37.8 Å². The second-order valence-electron chi connectivity index (χ2n) is 6.03. The molecule has 2 nitrogen and oxygen atoms in total. The molecule has 2 aliphatic rings. The van der Waals surface area contributed by atoms with Crippen molar-refractivity contribution < 1.29 is 8.78 Å². The van der Waals surface area contributed by atoms with Crippen molar-refractivity contribution in [2.75, 3.05) is 26.2 Å². The van der Waals surface area contributed by atoms with Crippen LogP contribution in [0, 0.1) is 17.6 Å². The van der Waals surface area contributed by atoms with Crippen molar-refractivity contribution in [3.63, 3.8) is 0 Å². The Morgan fingerprint density at radius 1 is 1.09 bits per heavy atom. The van der Waals surface area contributed by atoms with Crippen LogP contribution in [0.1, 0.15) is 37.3 Å². The highest BCUT2D eigenvalue weighted by molar-refractivity contribution is 6.30. The van der Waals surface area contributed by atoms with E-state index in [0.29, 0.717) is 5.92 Å². The van der Waals surface area contributed by atoms with Gasteiger partial charge in [-0.3, -0.25) is 4.90 Å². The first-order valence-corrected chi connectivity index (χ1v) is 8.14. The molecule has 3 rings (SSSR count). The Bertz CT molecular complexity index is 504. The highest BCUT2D eigenvalue weighted by Gasteiger charge is 2.35. The first-order chi connectivity index (χ1) is 10.2. The summed E-state index contributed by atoms with van der Waals surface area (Å²) in [6.45, 7) is 3.39. The number of rotatable bonds is 3. The van der Waals surface area contributed by atoms with Gasteiger partial charge in [0.2, 0.25) is 0 Å². The normalized spacial score (nSPS) is 20.7. The van der Waals surface area contributed by atoms with E-state index in [-0.39, 0.29) is 41.4 Å². The lowest BCUT2D eigenvalue weighted by molar-refractivity contribution is 0.119. The Balaban J connectivity index is 0.00000132. The molecule has 1 saturated carbocycles. The number of nitrogens with zero attached hydrogens (tertiary/aromatic N) is 1. The lowest BCUT2D eigenvalue weighted by Crippen LogP contribution is -2.47. The summed E-state index contributed by atoms with van der Waals surface area (Å²) in [7, 11) is 0. The Morgan fingerprint density at radius 3 is 2.30 bits per heavy atom. The minimum absolute atomic E-state index is 0. The average molecular weight is 388 g/mol. The van der Waals surface area contributed by atoms with Crippen LogP contribution in [0.5, 0.6) is 0 Å². The number of hydrogen-bond donors (Lipinski definition) is 1. The molecule has 1 aromatic carbocycles. The third-order valence-corrected chi connectivity index (χ3v) is 5.06. The van der Waals surface area contributed by atoms with E-state index in [4.69, 9.17) is 11.6 Å². The first-order valence-electron chi connectivity index (χ1n) is 7.76. The minimum Gasteiger partial charge on any atom is -0.314 e. The molecule has 7 heteroatoms. The lowest BCUT2D eigenvalue weighted by atomic mass is 9.89. The highest BCUT2D eigenvalue weighted by atomic mass is 35.5. The van der Waals surface area contributed by atoms with Gasteiger partial charge in [-0.25, -0.2) is 8.78 Å². The van der Waals surface area contributed by atoms with Crippen molar-refractivity contribution in [2.45, 2.75) is 31.7 Å². The topological polar surface area (TPSA) is 15.3 Å². The second-order valence-corrected chi connectivity index (χ2v) is 6.44. The first kappa shape index (κ1) is 20.9. The van der Waals surface area contributed by atoms with Crippen LogP contribution >= 0.6 is 36.4 Å². The van der Waals surface area contributed by atoms with Gasteiger partial charge in [0.15, 0.2) is 0 Å². The summed E-state index contributed by atoms with van der Waals surface area (Å²) < 4.78 is 28.9. The molecular weight excluding hydrogens is 365 g/mol. The molecule has 0 unspecified atom stereocenters. The van der Waals surface area contributed by atoms with E-state index in [0.717, 1.165) is 51.9 Å². The Labute approximate surface area is 153 Å². The molecule has 1 atom stereocenters. The van der Waals surface area contributed by atoms with E-state index in [1.807, 2.05) is 0 Å². The fraction of sp³-hybridized carbons (Fsp3) is 0.625. The van der Waals surface area contributed by atoms with Gasteiger partial charge in [0.1, 0.15) is 11.6 Å². The Hall–Kier alpha value is -0.130. The summed E-state index contributed by atoms with van der Waals surface area (Å²) in [5, 5.41) is 3.32. The van der Waals surface area contributed by atoms with Crippen LogP contribution in [-0.2, 0) is 0 Å². The summed E-state index contributed by atoms with van der Waals surface area (Å²) in [4.78, 5) is 2.23. The molecule has 1 heterocycles. The fourth-order valence-corrected chi connectivity index (χ4v) is 3.93. The maximum atomic E-state index is 14.5. The third kappa shape index (κ3) is 4.49. The van der Waals surface area contributed by atoms with E-state index >= 15 is 0 Å². The highest BCUT2D eigenvalue weighted by Crippen LogP contribution is 2.42. The molecule has 0 bridgehead atoms. The van der Waals surface area contributed by atoms with E-state index in [1.165, 1.54) is 12.1 Å². The van der Waals surface area contributed by atoms with Crippen LogP contribution in [0.25, 0.3) is 0 Å². The second kappa shape index (κ2) is 9.38. The van der Waals surface area contributed by atoms with Crippen LogP contribution in [0.4, 0.5) is 8.78 Å². The molecule has 23 heavy (non-hydrogen) atoms. The summed E-state index contributed by atoms with van der Waals surface area (Å²) in [5.41, 5.74) is 0.177. The maximum absolute atomic E-state index is 14.5. The Morgan fingerprint density at radius 2 is 1.70 bits per heavy atom. The molecule has 0 spiro atoms. The van der Waals surface area contributed by atoms with E-state index in [2.05, 4.69) is 10.2 Å². The Kier molecular flexibility index (Phi) is 8.53. The smallest absolute Gasteiger partial charge is 0.149 e. The zero-order valence-corrected chi connectivity index (χ0v) is 15.3. The van der Waals surface area contributed by atoms with Crippen molar-refractivity contribution in [1.29, 1.82) is 0 Å². The molecular formula is C16H23Cl3F2N2. The summed E-state index contributed by atoms with van der Waals surface area (Å²) >= 11 is 5.90. The van der Waals surface area contributed by atoms with Crippen LogP contribution in [0.2, 0.25) is 5.02 Å². The van der Waals surface area contributed by atoms with Gasteiger partial charge in [0.05, 0.1) is 5.02 Å². The van der Waals surface area contributed by atoms with Gasteiger partial charge in [-0.05, 0) is 30.9 Å². The number of halogens is 5. The molecule has 0 aromatic heterocycles. The zero-order chi connectivity index (χ0) is 14.8. The van der Waals surface area contributed by atoms with Crippen molar-refractivity contribution in [3.8, 4) is 0 Å². The number of piperazine rings is 1. The van der Waals surface area contributed by atoms with Crippen molar-refractivity contribution >= 4 is 36.4 Å². The molecule has 132 valence electrons. The van der Waals surface area contributed by atoms with E-state index in [1.54, 1.807) is 0 Å². The summed E-state index contributed by atoms with van der Waals surface area (Å²) in [5.74, 6) is -0.718. The standard InChI is InChI=1S/C16H21ClF2N2.2ClH/c17-12-5-6-13(18)14(15(12)19)16(11-3-1-2-4-11)21-9-7-20-8-10-21;;/h5-6,11,16,20H,1-4,7-10H2;2*1H/t16-;;/m1../s1. The van der Waals surface area contributed by atoms with Gasteiger partial charge in [-0.1, -0.05) is 24.4 Å². The number of nitrogens with one attached hydrogen (secondary N) is 1. The maximum Gasteiger partial charge on any atom is 0.149 e. The largest absolute Gasteiger partial charge is 0.314 e. The van der Waals surface area contributed by atoms with Gasteiger partial charge in [-0.15, -0.1) is 24.8 Å². The van der Waals surface area contributed by atoms with Crippen molar-refractivity contribution in [1.82, 2.24) is 10.2 Å². The van der Waals surface area contributed by atoms with E-state index < -0.39 is 11.6 Å². The predicted octanol–water partition coefficient (Wildman–Crippen LogP) is 4.60. The molecule has 1 aromatic rings. The molecule has 1 aliphatic carbocycles. The third-order valence-electron chi connectivity index (χ3n) is 4.77. The van der Waals surface area contributed by atoms with Crippen molar-refractivity contribution in [3.05, 3.63) is 34.4 Å². The predicted molar refractivity (Wildman–Crippen MR) is 95.0 cm³/mol. The van der Waals surface area contributed by atoms with Gasteiger partial charge < -0.3 is 5.32 Å². The van der Waals surface area contributed by atoms with Crippen LogP contribution in [-0.4, -0.2) is 31.1 Å². The van der Waals surface area contributed by atoms with Gasteiger partial charge in [-0.2, -0.15) is 0 Å². The molecule has 1 N–H and O–H groups in total. The van der Waals surface area contributed by atoms with Crippen LogP contribution < -0.4 is 5.32 Å². The monoisotopic (exact) mass is 386 g/mol. The number of hydrogen-bond acceptors (Lipinski definition) is 2. The SMILES string of the molecule is Cl.Cl.Fc1ccc(Cl)c(F)c1[C@@H](C1CCCC1)N1CCNCC1. The molecule has 2 fully saturated rings. The van der Waals surface area contributed by atoms with Gasteiger partial charge >= 0.3 is 0 Å². The molecule has 1 saturated heterocycles. The fourth-order valence-electron chi connectivity index (χ4n) is 3.76. The quantitative estimate of drug-likeness (QED) is 0.763. The van der Waals surface area contributed by atoms with Gasteiger partial charge in [0.25, 0.3) is 0 Å². The minimum atomic E-state index is -0.577. The molecule has 0 radical (unpaired) electrons. The van der Waals surface area contributed by atoms with Crippen LogP contribution in [0.15, 0.2) is 12.1 Å². The van der Waals surface area contributed by atoms with E-state index in [9.17, 15) is 8.78 Å². The number of benzene rings is 1. The van der Waals surface area contributed by atoms with Crippen molar-refractivity contribution in [2.24, 2.45) is 5.92 Å². The molecule has 0 amide bonds. The molecule has 1 aliphatic heterocycles. The summed E-state index contributed by atoms with van der Waals surface area (Å²) in [6, 6.07) is 2.41. The lowest BCUT2D eigenvalue weighted by Gasteiger charge is -2.39. The summed E-state index contributed by atoms with van der Waals surface area (Å²) in [6.07, 6.45) is 4.38. The average Bonchev–Trinajstić information content (AvgIpc) is 3.02.